The number of aryl methyl sites for hydroxylation is 1. The standard InChI is InChI=1S/C19H22ClNOS2/c1-3-18(24-17-10-6-15(20)7-11-17)19(22)21-12-13-23-16-8-4-14(2)5-9-16/h4-11,18H,3,12-13H2,1-2H3,(H,21,22)/t18-/m0/s1. The van der Waals surface area contributed by atoms with Crippen LogP contribution in [-0.2, 0) is 4.79 Å². The first-order valence-corrected chi connectivity index (χ1v) is 10.2. The number of nitrogens with one attached hydrogen (secondary N) is 1. The molecule has 2 aromatic rings. The fraction of sp³-hybridized carbons (Fsp3) is 0.316. The summed E-state index contributed by atoms with van der Waals surface area (Å²) < 4.78 is 0. The Morgan fingerprint density at radius 3 is 2.33 bits per heavy atom. The highest BCUT2D eigenvalue weighted by Gasteiger charge is 2.17. The summed E-state index contributed by atoms with van der Waals surface area (Å²) in [4.78, 5) is 14.6. The minimum Gasteiger partial charge on any atom is -0.354 e. The maximum absolute atomic E-state index is 12.3. The Bertz CT molecular complexity index is 643. The van der Waals surface area contributed by atoms with Gasteiger partial charge < -0.3 is 5.32 Å². The second kappa shape index (κ2) is 10.0. The summed E-state index contributed by atoms with van der Waals surface area (Å²) in [5.41, 5.74) is 1.26. The maximum atomic E-state index is 12.3. The van der Waals surface area contributed by atoms with Crippen LogP contribution in [0.25, 0.3) is 0 Å². The van der Waals surface area contributed by atoms with Gasteiger partial charge in [0.25, 0.3) is 0 Å². The van der Waals surface area contributed by atoms with Gasteiger partial charge in [0.05, 0.1) is 5.25 Å². The predicted molar refractivity (Wildman–Crippen MR) is 106 cm³/mol. The molecule has 0 aliphatic rings. The summed E-state index contributed by atoms with van der Waals surface area (Å²) in [6.45, 7) is 4.79. The van der Waals surface area contributed by atoms with Crippen molar-refractivity contribution in [2.75, 3.05) is 12.3 Å². The van der Waals surface area contributed by atoms with Crippen molar-refractivity contribution in [2.24, 2.45) is 0 Å². The van der Waals surface area contributed by atoms with Crippen molar-refractivity contribution >= 4 is 41.0 Å². The van der Waals surface area contributed by atoms with E-state index in [0.29, 0.717) is 11.6 Å². The van der Waals surface area contributed by atoms with E-state index >= 15 is 0 Å². The number of amides is 1. The van der Waals surface area contributed by atoms with Crippen LogP contribution >= 0.6 is 35.1 Å². The SMILES string of the molecule is CC[C@H](Sc1ccc(Cl)cc1)C(=O)NCCSc1ccc(C)cc1. The molecule has 0 bridgehead atoms. The van der Waals surface area contributed by atoms with E-state index in [1.165, 1.54) is 10.5 Å². The molecule has 24 heavy (non-hydrogen) atoms. The highest BCUT2D eigenvalue weighted by Crippen LogP contribution is 2.26. The first kappa shape index (κ1) is 19.2. The Labute approximate surface area is 157 Å². The molecule has 0 aliphatic heterocycles. The Kier molecular flexibility index (Phi) is 8.03. The van der Waals surface area contributed by atoms with E-state index in [-0.39, 0.29) is 11.2 Å². The van der Waals surface area contributed by atoms with Crippen LogP contribution < -0.4 is 5.32 Å². The quantitative estimate of drug-likeness (QED) is 0.490. The van der Waals surface area contributed by atoms with Crippen molar-refractivity contribution in [3.8, 4) is 0 Å². The lowest BCUT2D eigenvalue weighted by molar-refractivity contribution is -0.120. The van der Waals surface area contributed by atoms with E-state index in [1.807, 2.05) is 31.2 Å². The number of carbonyl (C=O) groups is 1. The molecule has 1 N–H and O–H groups in total. The van der Waals surface area contributed by atoms with Crippen LogP contribution in [0.3, 0.4) is 0 Å². The van der Waals surface area contributed by atoms with E-state index in [1.54, 1.807) is 23.5 Å². The van der Waals surface area contributed by atoms with Crippen molar-refractivity contribution in [3.05, 3.63) is 59.1 Å². The number of hydrogen-bond donors (Lipinski definition) is 1. The molecule has 0 spiro atoms. The summed E-state index contributed by atoms with van der Waals surface area (Å²) in [7, 11) is 0. The lowest BCUT2D eigenvalue weighted by Gasteiger charge is -2.14. The monoisotopic (exact) mass is 379 g/mol. The van der Waals surface area contributed by atoms with Gasteiger partial charge in [-0.1, -0.05) is 36.2 Å². The molecular formula is C19H22ClNOS2. The third-order valence-electron chi connectivity index (χ3n) is 3.45. The van der Waals surface area contributed by atoms with E-state index in [4.69, 9.17) is 11.6 Å². The molecule has 0 fully saturated rings. The van der Waals surface area contributed by atoms with Gasteiger partial charge in [-0.2, -0.15) is 0 Å². The minimum atomic E-state index is -0.0736. The van der Waals surface area contributed by atoms with Gasteiger partial charge in [0.15, 0.2) is 0 Å². The summed E-state index contributed by atoms with van der Waals surface area (Å²) in [6, 6.07) is 16.1. The maximum Gasteiger partial charge on any atom is 0.233 e. The van der Waals surface area contributed by atoms with Crippen LogP contribution in [0, 0.1) is 6.92 Å². The van der Waals surface area contributed by atoms with Gasteiger partial charge in [-0.05, 0) is 49.7 Å². The molecule has 2 nitrogen and oxygen atoms in total. The molecule has 0 aromatic heterocycles. The van der Waals surface area contributed by atoms with Gasteiger partial charge in [-0.15, -0.1) is 23.5 Å². The summed E-state index contributed by atoms with van der Waals surface area (Å²) in [5, 5.41) is 3.68. The number of hydrogen-bond acceptors (Lipinski definition) is 3. The van der Waals surface area contributed by atoms with E-state index in [0.717, 1.165) is 17.1 Å². The van der Waals surface area contributed by atoms with Gasteiger partial charge in [-0.25, -0.2) is 0 Å². The number of rotatable bonds is 8. The Hall–Kier alpha value is -1.10. The number of benzene rings is 2. The molecule has 0 saturated heterocycles. The summed E-state index contributed by atoms with van der Waals surface area (Å²) >= 11 is 9.24. The van der Waals surface area contributed by atoms with Gasteiger partial charge in [0, 0.05) is 27.1 Å². The largest absolute Gasteiger partial charge is 0.354 e. The second-order valence-electron chi connectivity index (χ2n) is 5.42. The summed E-state index contributed by atoms with van der Waals surface area (Å²) in [5.74, 6) is 0.971. The molecule has 0 unspecified atom stereocenters. The first-order valence-electron chi connectivity index (χ1n) is 7.98. The fourth-order valence-corrected chi connectivity index (χ4v) is 3.96. The van der Waals surface area contributed by atoms with Gasteiger partial charge in [-0.3, -0.25) is 4.79 Å². The van der Waals surface area contributed by atoms with E-state index < -0.39 is 0 Å². The van der Waals surface area contributed by atoms with Crippen molar-refractivity contribution in [2.45, 2.75) is 35.3 Å². The average Bonchev–Trinajstić information content (AvgIpc) is 2.59. The Balaban J connectivity index is 1.75. The second-order valence-corrected chi connectivity index (χ2v) is 8.30. The number of halogens is 1. The van der Waals surface area contributed by atoms with Crippen LogP contribution in [0.2, 0.25) is 5.02 Å². The van der Waals surface area contributed by atoms with Crippen molar-refractivity contribution in [3.63, 3.8) is 0 Å². The molecule has 2 rings (SSSR count). The zero-order valence-electron chi connectivity index (χ0n) is 13.9. The van der Waals surface area contributed by atoms with Gasteiger partial charge >= 0.3 is 0 Å². The third kappa shape index (κ3) is 6.42. The lowest BCUT2D eigenvalue weighted by atomic mass is 10.2. The van der Waals surface area contributed by atoms with Crippen molar-refractivity contribution < 1.29 is 4.79 Å². The summed E-state index contributed by atoms with van der Waals surface area (Å²) in [6.07, 6.45) is 0.796. The normalized spacial score (nSPS) is 12.0. The molecule has 0 saturated carbocycles. The first-order chi connectivity index (χ1) is 11.6. The van der Waals surface area contributed by atoms with Crippen molar-refractivity contribution in [1.29, 1.82) is 0 Å². The van der Waals surface area contributed by atoms with Gasteiger partial charge in [0.2, 0.25) is 5.91 Å². The smallest absolute Gasteiger partial charge is 0.233 e. The molecule has 0 radical (unpaired) electrons. The third-order valence-corrected chi connectivity index (χ3v) is 6.09. The van der Waals surface area contributed by atoms with Crippen molar-refractivity contribution in [1.82, 2.24) is 5.32 Å². The van der Waals surface area contributed by atoms with Gasteiger partial charge in [0.1, 0.15) is 0 Å². The Morgan fingerprint density at radius 1 is 1.08 bits per heavy atom. The molecule has 0 aliphatic carbocycles. The molecule has 1 amide bonds. The number of thioether (sulfide) groups is 2. The minimum absolute atomic E-state index is 0.0736. The lowest BCUT2D eigenvalue weighted by Crippen LogP contribution is -2.33. The zero-order chi connectivity index (χ0) is 17.4. The fourth-order valence-electron chi connectivity index (χ4n) is 2.09. The van der Waals surface area contributed by atoms with Crippen LogP contribution in [0.4, 0.5) is 0 Å². The molecule has 128 valence electrons. The van der Waals surface area contributed by atoms with E-state index in [9.17, 15) is 4.79 Å². The van der Waals surface area contributed by atoms with Crippen LogP contribution in [0.15, 0.2) is 58.3 Å². The Morgan fingerprint density at radius 2 is 1.71 bits per heavy atom. The zero-order valence-corrected chi connectivity index (χ0v) is 16.3. The molecule has 1 atom stereocenters. The highest BCUT2D eigenvalue weighted by molar-refractivity contribution is 8.00. The molecule has 5 heteroatoms. The molecule has 0 heterocycles. The topological polar surface area (TPSA) is 29.1 Å². The van der Waals surface area contributed by atoms with Crippen LogP contribution in [-0.4, -0.2) is 23.5 Å². The van der Waals surface area contributed by atoms with Crippen LogP contribution in [0.1, 0.15) is 18.9 Å². The number of carbonyl (C=O) groups excluding carboxylic acids is 1. The highest BCUT2D eigenvalue weighted by atomic mass is 35.5. The van der Waals surface area contributed by atoms with E-state index in [2.05, 4.69) is 36.5 Å². The van der Waals surface area contributed by atoms with Crippen LogP contribution in [0.5, 0.6) is 0 Å². The molecular weight excluding hydrogens is 358 g/mol. The molecule has 2 aromatic carbocycles. The average molecular weight is 380 g/mol. The predicted octanol–water partition coefficient (Wildman–Crippen LogP) is 5.43.